The number of pyridine rings is 1. The third-order valence-electron chi connectivity index (χ3n) is 6.62. The number of hydrogen-bond donors (Lipinski definition) is 0. The predicted octanol–water partition coefficient (Wildman–Crippen LogP) is 4.03. The van der Waals surface area contributed by atoms with Crippen molar-refractivity contribution in [3.63, 3.8) is 0 Å². The van der Waals surface area contributed by atoms with Gasteiger partial charge in [0.2, 0.25) is 0 Å². The van der Waals surface area contributed by atoms with Crippen molar-refractivity contribution in [2.24, 2.45) is 7.05 Å². The van der Waals surface area contributed by atoms with Crippen LogP contribution in [0.1, 0.15) is 36.5 Å². The first-order valence-electron chi connectivity index (χ1n) is 11.9. The van der Waals surface area contributed by atoms with E-state index in [9.17, 15) is 19.2 Å². The number of amides is 1. The van der Waals surface area contributed by atoms with Crippen LogP contribution in [0.2, 0.25) is 0 Å². The van der Waals surface area contributed by atoms with E-state index in [2.05, 4.69) is 16.7 Å². The van der Waals surface area contributed by atoms with Crippen LogP contribution < -0.4 is 15.4 Å². The molecular formula is C26H28FN5O2S2. The van der Waals surface area contributed by atoms with Crippen molar-refractivity contribution in [2.75, 3.05) is 42.5 Å². The van der Waals surface area contributed by atoms with Gasteiger partial charge in [0.15, 0.2) is 0 Å². The number of benzene rings is 1. The Balaban J connectivity index is 1.70. The van der Waals surface area contributed by atoms with Gasteiger partial charge in [0, 0.05) is 51.0 Å². The fourth-order valence-electron chi connectivity index (χ4n) is 4.56. The number of rotatable bonds is 6. The summed E-state index contributed by atoms with van der Waals surface area (Å²) < 4.78 is 15.4. The number of nitrogens with zero attached hydrogens (tertiary/aromatic N) is 5. The number of thioether (sulfide) groups is 1. The van der Waals surface area contributed by atoms with Gasteiger partial charge in [-0.05, 0) is 49.2 Å². The van der Waals surface area contributed by atoms with Crippen LogP contribution in [0.25, 0.3) is 6.08 Å². The molecule has 2 aromatic rings. The number of carbonyl (C=O) groups excluding carboxylic acids is 1. The molecule has 36 heavy (non-hydrogen) atoms. The van der Waals surface area contributed by atoms with Crippen molar-refractivity contribution >= 4 is 51.8 Å². The van der Waals surface area contributed by atoms with Crippen LogP contribution in [0, 0.1) is 24.1 Å². The molecule has 1 amide bonds. The van der Waals surface area contributed by atoms with E-state index in [1.807, 2.05) is 6.07 Å². The van der Waals surface area contributed by atoms with Crippen LogP contribution in [-0.4, -0.2) is 52.4 Å². The lowest BCUT2D eigenvalue weighted by Gasteiger charge is -2.38. The highest BCUT2D eigenvalue weighted by molar-refractivity contribution is 8.26. The molecule has 2 saturated heterocycles. The van der Waals surface area contributed by atoms with Gasteiger partial charge in [0.25, 0.3) is 11.5 Å². The fraction of sp³-hybridized carbons (Fsp3) is 0.385. The second-order valence-electron chi connectivity index (χ2n) is 8.85. The zero-order chi connectivity index (χ0) is 26.0. The summed E-state index contributed by atoms with van der Waals surface area (Å²) in [7, 11) is 1.66. The molecule has 10 heteroatoms. The predicted molar refractivity (Wildman–Crippen MR) is 147 cm³/mol. The topological polar surface area (TPSA) is 72.6 Å². The van der Waals surface area contributed by atoms with E-state index < -0.39 is 0 Å². The van der Waals surface area contributed by atoms with Gasteiger partial charge in [-0.15, -0.1) is 0 Å². The molecule has 1 aromatic heterocycles. The fourth-order valence-corrected chi connectivity index (χ4v) is 5.85. The molecule has 0 aliphatic carbocycles. The van der Waals surface area contributed by atoms with E-state index in [1.54, 1.807) is 37.1 Å². The van der Waals surface area contributed by atoms with E-state index >= 15 is 0 Å². The molecule has 7 nitrogen and oxygen atoms in total. The first kappa shape index (κ1) is 25.9. The smallest absolute Gasteiger partial charge is 0.270 e. The second-order valence-corrected chi connectivity index (χ2v) is 10.5. The molecule has 4 rings (SSSR count). The number of halogens is 1. The van der Waals surface area contributed by atoms with Gasteiger partial charge in [0.1, 0.15) is 27.6 Å². The molecule has 0 N–H and O–H groups in total. The average molecular weight is 526 g/mol. The number of aromatic nitrogens is 1. The van der Waals surface area contributed by atoms with Crippen molar-refractivity contribution in [3.05, 3.63) is 62.0 Å². The highest BCUT2D eigenvalue weighted by atomic mass is 32.2. The SMILES string of the molecule is CCCCN1C(=O)/C(=C/c2c(C)c(C#N)c(=O)n(C)c2N2CCN(c3ccc(F)cc3)CC2)SC1=S. The van der Waals surface area contributed by atoms with Crippen LogP contribution in [0.4, 0.5) is 15.9 Å². The van der Waals surface area contributed by atoms with Crippen LogP contribution in [0.5, 0.6) is 0 Å². The molecule has 0 atom stereocenters. The highest BCUT2D eigenvalue weighted by Crippen LogP contribution is 2.36. The van der Waals surface area contributed by atoms with E-state index in [0.29, 0.717) is 58.9 Å². The molecule has 0 radical (unpaired) electrons. The first-order valence-corrected chi connectivity index (χ1v) is 13.1. The molecule has 1 aromatic carbocycles. The average Bonchev–Trinajstić information content (AvgIpc) is 3.14. The lowest BCUT2D eigenvalue weighted by atomic mass is 10.0. The van der Waals surface area contributed by atoms with Gasteiger partial charge < -0.3 is 9.80 Å². The molecule has 2 fully saturated rings. The molecule has 3 heterocycles. The molecule has 0 bridgehead atoms. The molecule has 0 unspecified atom stereocenters. The monoisotopic (exact) mass is 525 g/mol. The Labute approximate surface area is 219 Å². The molecular weight excluding hydrogens is 497 g/mol. The van der Waals surface area contributed by atoms with Crippen molar-refractivity contribution < 1.29 is 9.18 Å². The summed E-state index contributed by atoms with van der Waals surface area (Å²) in [5.74, 6) is 0.261. The maximum absolute atomic E-state index is 13.3. The van der Waals surface area contributed by atoms with Crippen molar-refractivity contribution in [1.29, 1.82) is 5.26 Å². The number of carbonyl (C=O) groups is 1. The minimum absolute atomic E-state index is 0.0684. The summed E-state index contributed by atoms with van der Waals surface area (Å²) in [5.41, 5.74) is 1.88. The van der Waals surface area contributed by atoms with Crippen molar-refractivity contribution in [1.82, 2.24) is 9.47 Å². The van der Waals surface area contributed by atoms with Crippen molar-refractivity contribution in [2.45, 2.75) is 26.7 Å². The zero-order valence-corrected chi connectivity index (χ0v) is 22.2. The number of hydrogen-bond acceptors (Lipinski definition) is 7. The van der Waals surface area contributed by atoms with Crippen LogP contribution >= 0.6 is 24.0 Å². The van der Waals surface area contributed by atoms with E-state index in [-0.39, 0.29) is 22.8 Å². The van der Waals surface area contributed by atoms with Crippen LogP contribution in [0.15, 0.2) is 34.0 Å². The van der Waals surface area contributed by atoms with E-state index in [1.165, 1.54) is 28.5 Å². The van der Waals surface area contributed by atoms with Gasteiger partial charge in [-0.2, -0.15) is 5.26 Å². The molecule has 188 valence electrons. The van der Waals surface area contributed by atoms with Crippen LogP contribution in [-0.2, 0) is 11.8 Å². The summed E-state index contributed by atoms with van der Waals surface area (Å²) in [6.07, 6.45) is 3.60. The van der Waals surface area contributed by atoms with Crippen LogP contribution in [0.3, 0.4) is 0 Å². The second kappa shape index (κ2) is 10.8. The summed E-state index contributed by atoms with van der Waals surface area (Å²) >= 11 is 6.71. The Morgan fingerprint density at radius 2 is 1.78 bits per heavy atom. The van der Waals surface area contributed by atoms with Gasteiger partial charge in [0.05, 0.1) is 4.91 Å². The summed E-state index contributed by atoms with van der Waals surface area (Å²) in [6.45, 7) is 6.98. The normalized spacial score (nSPS) is 17.3. The summed E-state index contributed by atoms with van der Waals surface area (Å²) in [5, 5.41) is 9.69. The number of anilines is 2. The number of piperazine rings is 1. The Bertz CT molecular complexity index is 1320. The molecule has 0 saturated carbocycles. The standard InChI is InChI=1S/C26H28FN5O2S2/c1-4-5-10-32-25(34)22(36-26(32)35)15-20-17(2)21(16-28)24(33)29(3)23(20)31-13-11-30(12-14-31)19-8-6-18(27)7-9-19/h6-9,15H,4-5,10-14H2,1-3H3/b22-15-. The maximum atomic E-state index is 13.3. The van der Waals surface area contributed by atoms with Gasteiger partial charge in [-0.3, -0.25) is 19.1 Å². The number of nitriles is 1. The Kier molecular flexibility index (Phi) is 7.81. The molecule has 0 spiro atoms. The Morgan fingerprint density at radius 1 is 1.14 bits per heavy atom. The van der Waals surface area contributed by atoms with Gasteiger partial charge >= 0.3 is 0 Å². The molecule has 2 aliphatic heterocycles. The number of thiocarbonyl (C=S) groups is 1. The highest BCUT2D eigenvalue weighted by Gasteiger charge is 2.33. The summed E-state index contributed by atoms with van der Waals surface area (Å²) in [4.78, 5) is 32.5. The zero-order valence-electron chi connectivity index (χ0n) is 20.6. The van der Waals surface area contributed by atoms with E-state index in [4.69, 9.17) is 12.2 Å². The van der Waals surface area contributed by atoms with Crippen molar-refractivity contribution in [3.8, 4) is 6.07 Å². The quantitative estimate of drug-likeness (QED) is 0.417. The summed E-state index contributed by atoms with van der Waals surface area (Å²) in [6, 6.07) is 8.46. The van der Waals surface area contributed by atoms with Gasteiger partial charge in [-0.25, -0.2) is 4.39 Å². The largest absolute Gasteiger partial charge is 0.368 e. The van der Waals surface area contributed by atoms with E-state index in [0.717, 1.165) is 18.5 Å². The minimum atomic E-state index is -0.362. The minimum Gasteiger partial charge on any atom is -0.368 e. The Morgan fingerprint density at radius 3 is 2.39 bits per heavy atom. The third kappa shape index (κ3) is 4.90. The Hall–Kier alpha value is -3.16. The lowest BCUT2D eigenvalue weighted by molar-refractivity contribution is -0.122. The number of unbranched alkanes of at least 4 members (excludes halogenated alkanes) is 1. The first-order chi connectivity index (χ1) is 17.3. The maximum Gasteiger partial charge on any atom is 0.270 e. The molecule has 2 aliphatic rings. The third-order valence-corrected chi connectivity index (χ3v) is 8.00. The van der Waals surface area contributed by atoms with Gasteiger partial charge in [-0.1, -0.05) is 37.3 Å². The lowest BCUT2D eigenvalue weighted by Crippen LogP contribution is -2.48.